The molecule has 11 heavy (non-hydrogen) atoms. The lowest BCUT2D eigenvalue weighted by Gasteiger charge is -2.05. The molecule has 0 aromatic carbocycles. The van der Waals surface area contributed by atoms with E-state index in [9.17, 15) is 0 Å². The molecule has 0 N–H and O–H groups in total. The van der Waals surface area contributed by atoms with Crippen LogP contribution in [0.3, 0.4) is 0 Å². The number of aromatic nitrogens is 1. The summed E-state index contributed by atoms with van der Waals surface area (Å²) in [6.45, 7) is 4.08. The Labute approximate surface area is 67.2 Å². The molecule has 60 valence electrons. The van der Waals surface area contributed by atoms with Gasteiger partial charge < -0.3 is 4.74 Å². The van der Waals surface area contributed by atoms with E-state index in [-0.39, 0.29) is 0 Å². The van der Waals surface area contributed by atoms with Crippen LogP contribution < -0.4 is 4.74 Å². The molecule has 0 spiro atoms. The Bertz CT molecular complexity index is 245. The molecule has 1 aromatic heterocycles. The van der Waals surface area contributed by atoms with E-state index in [0.29, 0.717) is 0 Å². The van der Waals surface area contributed by atoms with Crippen molar-refractivity contribution in [1.29, 1.82) is 0 Å². The zero-order valence-corrected chi connectivity index (χ0v) is 7.22. The standard InChI is InChI=1S/C9H13NO/c1-4-8-9(11-3)5-7(2)6-10-8/h5-6H,4H2,1-3H3. The summed E-state index contributed by atoms with van der Waals surface area (Å²) in [5.74, 6) is 0.896. The maximum absolute atomic E-state index is 5.15. The average molecular weight is 151 g/mol. The van der Waals surface area contributed by atoms with Gasteiger partial charge in [-0.05, 0) is 25.0 Å². The van der Waals surface area contributed by atoms with Crippen molar-refractivity contribution in [3.8, 4) is 5.75 Å². The van der Waals surface area contributed by atoms with E-state index >= 15 is 0 Å². The smallest absolute Gasteiger partial charge is 0.140 e. The molecule has 2 heteroatoms. The minimum atomic E-state index is 0.896. The van der Waals surface area contributed by atoms with E-state index < -0.39 is 0 Å². The number of methoxy groups -OCH3 is 1. The highest BCUT2D eigenvalue weighted by Gasteiger charge is 2.00. The molecule has 1 rings (SSSR count). The van der Waals surface area contributed by atoms with Gasteiger partial charge >= 0.3 is 0 Å². The van der Waals surface area contributed by atoms with Crippen LogP contribution in [0, 0.1) is 6.92 Å². The number of hydrogen-bond acceptors (Lipinski definition) is 2. The van der Waals surface area contributed by atoms with Gasteiger partial charge in [0.25, 0.3) is 0 Å². The van der Waals surface area contributed by atoms with Gasteiger partial charge in [0.15, 0.2) is 0 Å². The Kier molecular flexibility index (Phi) is 2.47. The van der Waals surface area contributed by atoms with Crippen molar-refractivity contribution in [2.75, 3.05) is 7.11 Å². The van der Waals surface area contributed by atoms with Gasteiger partial charge in [-0.1, -0.05) is 6.92 Å². The zero-order valence-electron chi connectivity index (χ0n) is 7.22. The second kappa shape index (κ2) is 3.37. The maximum atomic E-state index is 5.15. The van der Waals surface area contributed by atoms with Crippen LogP contribution >= 0.6 is 0 Å². The molecule has 0 bridgehead atoms. The Morgan fingerprint density at radius 2 is 2.27 bits per heavy atom. The van der Waals surface area contributed by atoms with Crippen LogP contribution in [0.25, 0.3) is 0 Å². The summed E-state index contributed by atoms with van der Waals surface area (Å²) >= 11 is 0. The third-order valence-corrected chi connectivity index (χ3v) is 1.62. The molecule has 0 saturated heterocycles. The molecule has 0 fully saturated rings. The number of rotatable bonds is 2. The van der Waals surface area contributed by atoms with Gasteiger partial charge in [-0.3, -0.25) is 4.98 Å². The fraction of sp³-hybridized carbons (Fsp3) is 0.444. The first-order valence-electron chi connectivity index (χ1n) is 3.77. The summed E-state index contributed by atoms with van der Waals surface area (Å²) in [6.07, 6.45) is 2.78. The number of hydrogen-bond donors (Lipinski definition) is 0. The van der Waals surface area contributed by atoms with E-state index in [4.69, 9.17) is 4.74 Å². The van der Waals surface area contributed by atoms with Crippen molar-refractivity contribution in [3.05, 3.63) is 23.5 Å². The first-order valence-corrected chi connectivity index (χ1v) is 3.77. The third-order valence-electron chi connectivity index (χ3n) is 1.62. The van der Waals surface area contributed by atoms with Crippen molar-refractivity contribution in [2.45, 2.75) is 20.3 Å². The summed E-state index contributed by atoms with van der Waals surface area (Å²) in [7, 11) is 1.68. The predicted molar refractivity (Wildman–Crippen MR) is 44.9 cm³/mol. The van der Waals surface area contributed by atoms with Crippen molar-refractivity contribution in [2.24, 2.45) is 0 Å². The number of ether oxygens (including phenoxy) is 1. The van der Waals surface area contributed by atoms with Crippen LogP contribution in [0.2, 0.25) is 0 Å². The normalized spacial score (nSPS) is 9.73. The van der Waals surface area contributed by atoms with E-state index in [1.54, 1.807) is 7.11 Å². The third kappa shape index (κ3) is 1.70. The lowest BCUT2D eigenvalue weighted by molar-refractivity contribution is 0.407. The SMILES string of the molecule is CCc1ncc(C)cc1OC. The molecule has 0 amide bonds. The highest BCUT2D eigenvalue weighted by Crippen LogP contribution is 2.16. The van der Waals surface area contributed by atoms with Gasteiger partial charge in [0.05, 0.1) is 12.8 Å². The first-order chi connectivity index (χ1) is 5.27. The molecule has 2 nitrogen and oxygen atoms in total. The molecule has 0 atom stereocenters. The minimum Gasteiger partial charge on any atom is -0.495 e. The Hall–Kier alpha value is -1.05. The molecule has 1 aromatic rings. The van der Waals surface area contributed by atoms with Crippen LogP contribution in [0.5, 0.6) is 5.75 Å². The quantitative estimate of drug-likeness (QED) is 0.644. The number of aryl methyl sites for hydroxylation is 2. The molecular formula is C9H13NO. The van der Waals surface area contributed by atoms with Crippen molar-refractivity contribution in [1.82, 2.24) is 4.98 Å². The molecule has 0 radical (unpaired) electrons. The predicted octanol–water partition coefficient (Wildman–Crippen LogP) is 1.96. The van der Waals surface area contributed by atoms with Crippen LogP contribution in [0.15, 0.2) is 12.3 Å². The summed E-state index contributed by atoms with van der Waals surface area (Å²) in [4.78, 5) is 4.24. The highest BCUT2D eigenvalue weighted by molar-refractivity contribution is 5.30. The van der Waals surface area contributed by atoms with E-state index in [0.717, 1.165) is 23.4 Å². The number of nitrogens with zero attached hydrogens (tertiary/aromatic N) is 1. The Morgan fingerprint density at radius 1 is 1.55 bits per heavy atom. The average Bonchev–Trinajstić information content (AvgIpc) is 2.04. The maximum Gasteiger partial charge on any atom is 0.140 e. The summed E-state index contributed by atoms with van der Waals surface area (Å²) in [5, 5.41) is 0. The monoisotopic (exact) mass is 151 g/mol. The fourth-order valence-electron chi connectivity index (χ4n) is 1.01. The lowest BCUT2D eigenvalue weighted by Crippen LogP contribution is -1.94. The number of pyridine rings is 1. The van der Waals surface area contributed by atoms with Crippen LogP contribution in [0.4, 0.5) is 0 Å². The fourth-order valence-corrected chi connectivity index (χ4v) is 1.01. The van der Waals surface area contributed by atoms with E-state index in [2.05, 4.69) is 11.9 Å². The van der Waals surface area contributed by atoms with E-state index in [1.807, 2.05) is 19.2 Å². The molecular weight excluding hydrogens is 138 g/mol. The van der Waals surface area contributed by atoms with Gasteiger partial charge in [0.1, 0.15) is 5.75 Å². The van der Waals surface area contributed by atoms with Gasteiger partial charge in [0, 0.05) is 6.20 Å². The van der Waals surface area contributed by atoms with Crippen LogP contribution in [-0.2, 0) is 6.42 Å². The summed E-state index contributed by atoms with van der Waals surface area (Å²) < 4.78 is 5.15. The topological polar surface area (TPSA) is 22.1 Å². The summed E-state index contributed by atoms with van der Waals surface area (Å²) in [5.41, 5.74) is 2.16. The summed E-state index contributed by atoms with van der Waals surface area (Å²) in [6, 6.07) is 2.01. The second-order valence-corrected chi connectivity index (χ2v) is 2.52. The molecule has 0 unspecified atom stereocenters. The molecule has 0 saturated carbocycles. The molecule has 0 aliphatic carbocycles. The van der Waals surface area contributed by atoms with E-state index in [1.165, 1.54) is 0 Å². The van der Waals surface area contributed by atoms with Crippen molar-refractivity contribution >= 4 is 0 Å². The molecule has 1 heterocycles. The van der Waals surface area contributed by atoms with Crippen molar-refractivity contribution in [3.63, 3.8) is 0 Å². The molecule has 0 aliphatic heterocycles. The van der Waals surface area contributed by atoms with Crippen LogP contribution in [-0.4, -0.2) is 12.1 Å². The highest BCUT2D eigenvalue weighted by atomic mass is 16.5. The first kappa shape index (κ1) is 8.05. The Balaban J connectivity index is 3.06. The lowest BCUT2D eigenvalue weighted by atomic mass is 10.2. The Morgan fingerprint density at radius 3 is 2.82 bits per heavy atom. The second-order valence-electron chi connectivity index (χ2n) is 2.52. The van der Waals surface area contributed by atoms with Gasteiger partial charge in [-0.25, -0.2) is 0 Å². The molecule has 0 aliphatic rings. The minimum absolute atomic E-state index is 0.896. The van der Waals surface area contributed by atoms with Crippen molar-refractivity contribution < 1.29 is 4.74 Å². The largest absolute Gasteiger partial charge is 0.495 e. The zero-order chi connectivity index (χ0) is 8.27. The van der Waals surface area contributed by atoms with Gasteiger partial charge in [-0.2, -0.15) is 0 Å². The van der Waals surface area contributed by atoms with Gasteiger partial charge in [-0.15, -0.1) is 0 Å². The van der Waals surface area contributed by atoms with Gasteiger partial charge in [0.2, 0.25) is 0 Å². The van der Waals surface area contributed by atoms with Crippen LogP contribution in [0.1, 0.15) is 18.2 Å².